The number of amides is 1. The van der Waals surface area contributed by atoms with Crippen molar-refractivity contribution in [3.05, 3.63) is 52.5 Å². The summed E-state index contributed by atoms with van der Waals surface area (Å²) in [6, 6.07) is 9.87. The molecule has 1 N–H and O–H groups in total. The van der Waals surface area contributed by atoms with Crippen LogP contribution in [0.4, 0.5) is 5.13 Å². The quantitative estimate of drug-likeness (QED) is 0.584. The van der Waals surface area contributed by atoms with E-state index in [1.54, 1.807) is 13.8 Å². The van der Waals surface area contributed by atoms with E-state index in [9.17, 15) is 13.2 Å². The predicted molar refractivity (Wildman–Crippen MR) is 118 cm³/mol. The Morgan fingerprint density at radius 3 is 2.62 bits per heavy atom. The van der Waals surface area contributed by atoms with Crippen LogP contribution in [0.25, 0.3) is 10.2 Å². The summed E-state index contributed by atoms with van der Waals surface area (Å²) in [6.07, 6.45) is 0.914. The molecule has 6 nitrogen and oxygen atoms in total. The van der Waals surface area contributed by atoms with Crippen LogP contribution in [0.15, 0.2) is 41.3 Å². The molecule has 29 heavy (non-hydrogen) atoms. The maximum Gasteiger partial charge on any atom is 0.259 e. The van der Waals surface area contributed by atoms with Crippen LogP contribution in [-0.4, -0.2) is 36.7 Å². The molecule has 0 aliphatic carbocycles. The number of anilines is 1. The summed E-state index contributed by atoms with van der Waals surface area (Å²) in [5, 5.41) is 3.33. The lowest BCUT2D eigenvalue weighted by Crippen LogP contribution is -2.33. The van der Waals surface area contributed by atoms with E-state index in [1.165, 1.54) is 46.5 Å². The molecule has 0 atom stereocenters. The summed E-state index contributed by atoms with van der Waals surface area (Å²) in [4.78, 5) is 17.2. The minimum atomic E-state index is -3.73. The lowest BCUT2D eigenvalue weighted by molar-refractivity contribution is 0.102. The number of hydrogen-bond acceptors (Lipinski definition) is 5. The van der Waals surface area contributed by atoms with E-state index < -0.39 is 15.9 Å². The van der Waals surface area contributed by atoms with Gasteiger partial charge in [0.1, 0.15) is 0 Å². The van der Waals surface area contributed by atoms with Gasteiger partial charge in [-0.05, 0) is 56.2 Å². The molecule has 0 spiro atoms. The van der Waals surface area contributed by atoms with Gasteiger partial charge < -0.3 is 0 Å². The number of nitrogens with one attached hydrogen (secondary N) is 1. The molecule has 0 unspecified atom stereocenters. The zero-order valence-corrected chi connectivity index (χ0v) is 19.0. The van der Waals surface area contributed by atoms with Crippen molar-refractivity contribution in [2.24, 2.45) is 0 Å². The van der Waals surface area contributed by atoms with Crippen LogP contribution in [0, 0.1) is 0 Å². The maximum atomic E-state index is 12.8. The largest absolute Gasteiger partial charge is 0.298 e. The van der Waals surface area contributed by atoms with Gasteiger partial charge in [0.2, 0.25) is 10.0 Å². The van der Waals surface area contributed by atoms with Crippen molar-refractivity contribution in [2.45, 2.75) is 38.1 Å². The molecule has 0 bridgehead atoms. The zero-order chi connectivity index (χ0) is 21.3. The third kappa shape index (κ3) is 4.45. The average molecular weight is 452 g/mol. The fraction of sp³-hybridized carbons (Fsp3) is 0.300. The highest BCUT2D eigenvalue weighted by Gasteiger charge is 2.25. The highest BCUT2D eigenvalue weighted by atomic mass is 35.5. The maximum absolute atomic E-state index is 12.8. The van der Waals surface area contributed by atoms with Gasteiger partial charge in [0.05, 0.1) is 25.7 Å². The Bertz CT molecular complexity index is 1170. The summed E-state index contributed by atoms with van der Waals surface area (Å²) in [6.45, 7) is 5.63. The van der Waals surface area contributed by atoms with Crippen LogP contribution < -0.4 is 5.32 Å². The number of aromatic nitrogens is 1. The molecule has 0 radical (unpaired) electrons. The van der Waals surface area contributed by atoms with Crippen LogP contribution >= 0.6 is 22.9 Å². The van der Waals surface area contributed by atoms with Crippen LogP contribution in [-0.2, 0) is 16.4 Å². The lowest BCUT2D eigenvalue weighted by Gasteiger charge is -2.21. The molecule has 0 saturated carbocycles. The second-order valence-corrected chi connectivity index (χ2v) is 10.3. The van der Waals surface area contributed by atoms with Crippen molar-refractivity contribution in [3.63, 3.8) is 0 Å². The fourth-order valence-corrected chi connectivity index (χ4v) is 5.21. The van der Waals surface area contributed by atoms with E-state index in [-0.39, 0.29) is 21.5 Å². The highest BCUT2D eigenvalue weighted by Crippen LogP contribution is 2.29. The number of nitrogens with zero attached hydrogens (tertiary/aromatic N) is 2. The van der Waals surface area contributed by atoms with E-state index in [4.69, 9.17) is 11.6 Å². The third-order valence-electron chi connectivity index (χ3n) is 4.67. The van der Waals surface area contributed by atoms with E-state index in [1.807, 2.05) is 18.2 Å². The molecular formula is C20H22ClN3O3S2. The summed E-state index contributed by atoms with van der Waals surface area (Å²) in [5.74, 6) is -0.506. The number of carbonyl (C=O) groups is 1. The van der Waals surface area contributed by atoms with Crippen molar-refractivity contribution in [1.82, 2.24) is 9.29 Å². The number of thiazole rings is 1. The number of halogens is 1. The van der Waals surface area contributed by atoms with Gasteiger partial charge >= 0.3 is 0 Å². The molecule has 1 heterocycles. The topological polar surface area (TPSA) is 79.4 Å². The van der Waals surface area contributed by atoms with Gasteiger partial charge in [-0.3, -0.25) is 10.1 Å². The molecule has 2 aromatic carbocycles. The molecule has 0 aliphatic rings. The number of fused-ring (bicyclic) bond motifs is 1. The third-order valence-corrected chi connectivity index (χ3v) is 7.96. The predicted octanol–water partition coefficient (Wildman–Crippen LogP) is 4.79. The minimum absolute atomic E-state index is 0.0140. The van der Waals surface area contributed by atoms with Crippen molar-refractivity contribution >= 4 is 54.2 Å². The van der Waals surface area contributed by atoms with Gasteiger partial charge in [-0.15, -0.1) is 0 Å². The monoisotopic (exact) mass is 451 g/mol. The SMILES string of the molecule is CCc1ccc2nc(NC(=O)c3cc(S(=O)(=O)N(C)C(C)C)ccc3Cl)sc2c1. The van der Waals surface area contributed by atoms with Crippen molar-refractivity contribution in [3.8, 4) is 0 Å². The molecule has 1 amide bonds. The fourth-order valence-electron chi connectivity index (χ4n) is 2.69. The Hall–Kier alpha value is -2.00. The summed E-state index contributed by atoms with van der Waals surface area (Å²) in [5.41, 5.74) is 2.07. The number of aryl methyl sites for hydroxylation is 1. The number of benzene rings is 2. The molecule has 154 valence electrons. The van der Waals surface area contributed by atoms with Crippen LogP contribution in [0.5, 0.6) is 0 Å². The lowest BCUT2D eigenvalue weighted by atomic mass is 10.2. The number of sulfonamides is 1. The first-order valence-corrected chi connectivity index (χ1v) is 11.7. The van der Waals surface area contributed by atoms with Gasteiger partial charge in [-0.25, -0.2) is 13.4 Å². The first kappa shape index (κ1) is 21.7. The summed E-state index contributed by atoms with van der Waals surface area (Å²) in [7, 11) is -2.23. The Morgan fingerprint density at radius 1 is 1.24 bits per heavy atom. The van der Waals surface area contributed by atoms with Gasteiger partial charge in [0.15, 0.2) is 5.13 Å². The van der Waals surface area contributed by atoms with Crippen LogP contribution in [0.2, 0.25) is 5.02 Å². The molecule has 0 fully saturated rings. The molecular weight excluding hydrogens is 430 g/mol. The second kappa shape index (κ2) is 8.39. The minimum Gasteiger partial charge on any atom is -0.298 e. The Balaban J connectivity index is 1.91. The number of rotatable bonds is 6. The molecule has 0 saturated heterocycles. The zero-order valence-electron chi connectivity index (χ0n) is 16.6. The van der Waals surface area contributed by atoms with E-state index in [0.29, 0.717) is 5.13 Å². The summed E-state index contributed by atoms with van der Waals surface area (Å²) < 4.78 is 27.7. The normalized spacial score (nSPS) is 12.1. The molecule has 1 aromatic heterocycles. The van der Waals surface area contributed by atoms with Crippen molar-refractivity contribution < 1.29 is 13.2 Å². The van der Waals surface area contributed by atoms with Crippen molar-refractivity contribution in [1.29, 1.82) is 0 Å². The molecule has 0 aliphatic heterocycles. The average Bonchev–Trinajstić information content (AvgIpc) is 3.08. The number of hydrogen-bond donors (Lipinski definition) is 1. The molecule has 3 rings (SSSR count). The van der Waals surface area contributed by atoms with Gasteiger partial charge in [0, 0.05) is 13.1 Å². The van der Waals surface area contributed by atoms with E-state index in [2.05, 4.69) is 17.2 Å². The van der Waals surface area contributed by atoms with Crippen LogP contribution in [0.3, 0.4) is 0 Å². The molecule has 3 aromatic rings. The first-order chi connectivity index (χ1) is 13.6. The molecule has 9 heteroatoms. The second-order valence-electron chi connectivity index (χ2n) is 6.89. The van der Waals surface area contributed by atoms with Crippen molar-refractivity contribution in [2.75, 3.05) is 12.4 Å². The van der Waals surface area contributed by atoms with Gasteiger partial charge in [-0.2, -0.15) is 4.31 Å². The summed E-state index contributed by atoms with van der Waals surface area (Å²) >= 11 is 7.54. The van der Waals surface area contributed by atoms with E-state index >= 15 is 0 Å². The van der Waals surface area contributed by atoms with Gasteiger partial charge in [-0.1, -0.05) is 35.9 Å². The Kier molecular flexibility index (Phi) is 6.28. The highest BCUT2D eigenvalue weighted by molar-refractivity contribution is 7.89. The smallest absolute Gasteiger partial charge is 0.259 e. The standard InChI is InChI=1S/C20H22ClN3O3S2/c1-5-13-6-9-17-18(10-13)28-20(22-17)23-19(25)15-11-14(7-8-16(15)21)29(26,27)24(4)12(2)3/h6-12H,5H2,1-4H3,(H,22,23,25). The Labute approximate surface area is 179 Å². The van der Waals surface area contributed by atoms with Crippen LogP contribution in [0.1, 0.15) is 36.7 Å². The first-order valence-electron chi connectivity index (χ1n) is 9.12. The van der Waals surface area contributed by atoms with Gasteiger partial charge in [0.25, 0.3) is 5.91 Å². The number of carbonyl (C=O) groups excluding carboxylic acids is 1. The van der Waals surface area contributed by atoms with E-state index in [0.717, 1.165) is 16.6 Å². The Morgan fingerprint density at radius 2 is 1.97 bits per heavy atom.